The van der Waals surface area contributed by atoms with Gasteiger partial charge in [0.1, 0.15) is 5.75 Å². The highest BCUT2D eigenvalue weighted by Crippen LogP contribution is 2.17. The molecule has 20 heavy (non-hydrogen) atoms. The zero-order valence-electron chi connectivity index (χ0n) is 11.9. The number of ether oxygens (including phenoxy) is 1. The van der Waals surface area contributed by atoms with Crippen LogP contribution in [0.5, 0.6) is 5.75 Å². The maximum absolute atomic E-state index is 12.2. The summed E-state index contributed by atoms with van der Waals surface area (Å²) in [5.74, 6) is 0.865. The summed E-state index contributed by atoms with van der Waals surface area (Å²) in [6, 6.07) is 7.82. The molecule has 0 radical (unpaired) electrons. The Labute approximate surface area is 120 Å². The molecule has 1 saturated heterocycles. The van der Waals surface area contributed by atoms with Crippen LogP contribution in [0.15, 0.2) is 30.3 Å². The molecule has 1 aromatic rings. The maximum Gasteiger partial charge on any atom is 0.246 e. The van der Waals surface area contributed by atoms with Crippen molar-refractivity contribution in [2.24, 2.45) is 5.73 Å². The number of carbonyl (C=O) groups excluding carboxylic acids is 1. The number of amides is 1. The molecule has 0 saturated carbocycles. The van der Waals surface area contributed by atoms with E-state index in [0.717, 1.165) is 37.1 Å². The summed E-state index contributed by atoms with van der Waals surface area (Å²) in [4.78, 5) is 14.1. The molecular weight excluding hydrogens is 252 g/mol. The first-order valence-electron chi connectivity index (χ1n) is 7.07. The number of nitrogens with two attached hydrogens (primary N) is 1. The molecule has 0 spiro atoms. The molecule has 2 N–H and O–H groups in total. The van der Waals surface area contributed by atoms with Crippen molar-refractivity contribution in [1.29, 1.82) is 0 Å². The molecule has 4 nitrogen and oxygen atoms in total. The van der Waals surface area contributed by atoms with Gasteiger partial charge in [0, 0.05) is 25.2 Å². The van der Waals surface area contributed by atoms with E-state index in [1.165, 1.54) is 0 Å². The van der Waals surface area contributed by atoms with Crippen molar-refractivity contribution in [1.82, 2.24) is 4.90 Å². The third-order valence-electron chi connectivity index (χ3n) is 3.72. The van der Waals surface area contributed by atoms with Crippen LogP contribution in [0.3, 0.4) is 0 Å². The molecule has 0 bridgehead atoms. The van der Waals surface area contributed by atoms with Crippen LogP contribution in [0, 0.1) is 0 Å². The third-order valence-corrected chi connectivity index (χ3v) is 3.72. The number of carbonyl (C=O) groups is 1. The molecular formula is C16H22N2O2. The highest BCUT2D eigenvalue weighted by Gasteiger charge is 2.23. The lowest BCUT2D eigenvalue weighted by Crippen LogP contribution is -2.46. The quantitative estimate of drug-likeness (QED) is 0.855. The first kappa shape index (κ1) is 14.6. The minimum absolute atomic E-state index is 0.0518. The van der Waals surface area contributed by atoms with Crippen molar-refractivity contribution < 1.29 is 9.53 Å². The van der Waals surface area contributed by atoms with Gasteiger partial charge in [-0.1, -0.05) is 12.1 Å². The van der Waals surface area contributed by atoms with Crippen molar-refractivity contribution in [3.63, 3.8) is 0 Å². The van der Waals surface area contributed by atoms with Crippen LogP contribution in [-0.4, -0.2) is 37.0 Å². The number of rotatable bonds is 4. The van der Waals surface area contributed by atoms with Crippen LogP contribution in [0.2, 0.25) is 0 Å². The van der Waals surface area contributed by atoms with Gasteiger partial charge < -0.3 is 15.4 Å². The minimum Gasteiger partial charge on any atom is -0.497 e. The molecule has 1 unspecified atom stereocenters. The number of methoxy groups -OCH3 is 1. The van der Waals surface area contributed by atoms with E-state index >= 15 is 0 Å². The van der Waals surface area contributed by atoms with E-state index < -0.39 is 0 Å². The molecule has 0 aromatic heterocycles. The Morgan fingerprint density at radius 3 is 2.80 bits per heavy atom. The first-order valence-corrected chi connectivity index (χ1v) is 7.07. The molecule has 108 valence electrons. The Kier molecular flexibility index (Phi) is 5.18. The van der Waals surface area contributed by atoms with Gasteiger partial charge in [-0.3, -0.25) is 4.79 Å². The van der Waals surface area contributed by atoms with Gasteiger partial charge in [0.15, 0.2) is 0 Å². The third kappa shape index (κ3) is 3.61. The molecule has 1 aliphatic rings. The van der Waals surface area contributed by atoms with E-state index in [-0.39, 0.29) is 11.9 Å². The fourth-order valence-corrected chi connectivity index (χ4v) is 2.51. The average Bonchev–Trinajstić information content (AvgIpc) is 2.53. The molecule has 1 amide bonds. The highest BCUT2D eigenvalue weighted by atomic mass is 16.5. The molecule has 2 rings (SSSR count). The Morgan fingerprint density at radius 2 is 2.15 bits per heavy atom. The minimum atomic E-state index is 0.0518. The zero-order valence-corrected chi connectivity index (χ0v) is 11.9. The second kappa shape index (κ2) is 7.10. The predicted octanol–water partition coefficient (Wildman–Crippen LogP) is 2.05. The van der Waals surface area contributed by atoms with Crippen molar-refractivity contribution in [2.75, 3.05) is 20.2 Å². The van der Waals surface area contributed by atoms with Gasteiger partial charge >= 0.3 is 0 Å². The number of piperidine rings is 1. The molecule has 1 heterocycles. The summed E-state index contributed by atoms with van der Waals surface area (Å²) in [6.07, 6.45) is 6.71. The Morgan fingerprint density at radius 1 is 1.40 bits per heavy atom. The Bertz CT molecular complexity index is 468. The molecule has 1 fully saturated rings. The lowest BCUT2D eigenvalue weighted by Gasteiger charge is -2.34. The zero-order chi connectivity index (χ0) is 14.4. The second-order valence-electron chi connectivity index (χ2n) is 5.02. The van der Waals surface area contributed by atoms with Crippen LogP contribution in [0.1, 0.15) is 24.8 Å². The summed E-state index contributed by atoms with van der Waals surface area (Å²) in [5, 5.41) is 0. The van der Waals surface area contributed by atoms with Crippen LogP contribution in [0.4, 0.5) is 0 Å². The Hall–Kier alpha value is -1.81. The predicted molar refractivity (Wildman–Crippen MR) is 80.4 cm³/mol. The van der Waals surface area contributed by atoms with Crippen molar-refractivity contribution in [3.05, 3.63) is 35.9 Å². The van der Waals surface area contributed by atoms with E-state index in [0.29, 0.717) is 6.54 Å². The first-order chi connectivity index (χ1) is 9.74. The van der Waals surface area contributed by atoms with E-state index in [9.17, 15) is 4.79 Å². The lowest BCUT2D eigenvalue weighted by molar-refractivity contribution is -0.129. The lowest BCUT2D eigenvalue weighted by atomic mass is 10.0. The van der Waals surface area contributed by atoms with Crippen LogP contribution in [-0.2, 0) is 4.79 Å². The number of hydrogen-bond acceptors (Lipinski definition) is 3. The van der Waals surface area contributed by atoms with E-state index in [1.807, 2.05) is 35.2 Å². The van der Waals surface area contributed by atoms with Crippen LogP contribution in [0.25, 0.3) is 6.08 Å². The van der Waals surface area contributed by atoms with Gasteiger partial charge in [-0.25, -0.2) is 0 Å². The Balaban J connectivity index is 2.00. The number of benzene rings is 1. The smallest absolute Gasteiger partial charge is 0.246 e. The SMILES string of the molecule is COc1ccc(C=CC(=O)N2CCCCC2CN)cc1. The fraction of sp³-hybridized carbons (Fsp3) is 0.438. The molecule has 1 aromatic carbocycles. The highest BCUT2D eigenvalue weighted by molar-refractivity contribution is 5.92. The topological polar surface area (TPSA) is 55.6 Å². The number of likely N-dealkylation sites (tertiary alicyclic amines) is 1. The molecule has 1 aliphatic heterocycles. The average molecular weight is 274 g/mol. The summed E-state index contributed by atoms with van der Waals surface area (Å²) >= 11 is 0. The molecule has 0 aliphatic carbocycles. The van der Waals surface area contributed by atoms with Crippen molar-refractivity contribution in [2.45, 2.75) is 25.3 Å². The van der Waals surface area contributed by atoms with Crippen LogP contribution < -0.4 is 10.5 Å². The standard InChI is InChI=1S/C16H22N2O2/c1-20-15-8-5-13(6-9-15)7-10-16(19)18-11-3-2-4-14(18)12-17/h5-10,14H,2-4,11-12,17H2,1H3. The maximum atomic E-state index is 12.2. The molecule has 1 atom stereocenters. The number of nitrogens with zero attached hydrogens (tertiary/aromatic N) is 1. The molecule has 4 heteroatoms. The van der Waals surface area contributed by atoms with Crippen LogP contribution >= 0.6 is 0 Å². The van der Waals surface area contributed by atoms with E-state index in [4.69, 9.17) is 10.5 Å². The van der Waals surface area contributed by atoms with Gasteiger partial charge in [-0.05, 0) is 43.0 Å². The van der Waals surface area contributed by atoms with Crippen molar-refractivity contribution in [3.8, 4) is 5.75 Å². The van der Waals surface area contributed by atoms with Gasteiger partial charge in [-0.15, -0.1) is 0 Å². The van der Waals surface area contributed by atoms with Gasteiger partial charge in [-0.2, -0.15) is 0 Å². The fourth-order valence-electron chi connectivity index (χ4n) is 2.51. The van der Waals surface area contributed by atoms with E-state index in [2.05, 4.69) is 0 Å². The van der Waals surface area contributed by atoms with Crippen molar-refractivity contribution >= 4 is 12.0 Å². The largest absolute Gasteiger partial charge is 0.497 e. The van der Waals surface area contributed by atoms with Gasteiger partial charge in [0.2, 0.25) is 5.91 Å². The summed E-state index contributed by atoms with van der Waals surface area (Å²) in [5.41, 5.74) is 6.73. The summed E-state index contributed by atoms with van der Waals surface area (Å²) in [7, 11) is 1.64. The van der Waals surface area contributed by atoms with E-state index in [1.54, 1.807) is 13.2 Å². The number of hydrogen-bond donors (Lipinski definition) is 1. The summed E-state index contributed by atoms with van der Waals surface area (Å²) < 4.78 is 5.11. The monoisotopic (exact) mass is 274 g/mol. The summed E-state index contributed by atoms with van der Waals surface area (Å²) in [6.45, 7) is 1.36. The normalized spacial score (nSPS) is 19.3. The van der Waals surface area contributed by atoms with Gasteiger partial charge in [0.25, 0.3) is 0 Å². The second-order valence-corrected chi connectivity index (χ2v) is 5.02. The van der Waals surface area contributed by atoms with Gasteiger partial charge in [0.05, 0.1) is 7.11 Å².